The molecule has 0 aromatic heterocycles. The standard InChI is InChI=1S/C7H11ClO2/c1-2-10-6-7(5-9)3-4-8/h5-6H,2-4H2,1H3. The fourth-order valence-electron chi connectivity index (χ4n) is 0.445. The second-order valence-electron chi connectivity index (χ2n) is 1.70. The zero-order valence-electron chi connectivity index (χ0n) is 5.97. The van der Waals surface area contributed by atoms with E-state index in [4.69, 9.17) is 16.3 Å². The van der Waals surface area contributed by atoms with E-state index < -0.39 is 0 Å². The van der Waals surface area contributed by atoms with Crippen molar-refractivity contribution < 1.29 is 9.53 Å². The summed E-state index contributed by atoms with van der Waals surface area (Å²) in [6, 6.07) is 0. The lowest BCUT2D eigenvalue weighted by molar-refractivity contribution is -0.105. The molecule has 0 N–H and O–H groups in total. The minimum absolute atomic E-state index is 0.456. The number of rotatable bonds is 5. The number of hydrogen-bond acceptors (Lipinski definition) is 2. The van der Waals surface area contributed by atoms with E-state index in [1.165, 1.54) is 6.26 Å². The van der Waals surface area contributed by atoms with Gasteiger partial charge in [0.1, 0.15) is 6.29 Å². The summed E-state index contributed by atoms with van der Waals surface area (Å²) in [5.74, 6) is 0.456. The van der Waals surface area contributed by atoms with Gasteiger partial charge in [-0.2, -0.15) is 0 Å². The second-order valence-corrected chi connectivity index (χ2v) is 2.08. The molecule has 0 aliphatic heterocycles. The molecule has 58 valence electrons. The third-order valence-electron chi connectivity index (χ3n) is 0.936. The maximum atomic E-state index is 10.2. The van der Waals surface area contributed by atoms with Crippen molar-refractivity contribution in [3.05, 3.63) is 11.8 Å². The van der Waals surface area contributed by atoms with Crippen LogP contribution in [-0.4, -0.2) is 18.8 Å². The molecular formula is C7H11ClO2. The Balaban J connectivity index is 3.66. The Hall–Kier alpha value is -0.500. The van der Waals surface area contributed by atoms with E-state index in [1.807, 2.05) is 6.92 Å². The Kier molecular flexibility index (Phi) is 6.29. The summed E-state index contributed by atoms with van der Waals surface area (Å²) in [7, 11) is 0. The molecule has 0 atom stereocenters. The molecule has 2 nitrogen and oxygen atoms in total. The van der Waals surface area contributed by atoms with Gasteiger partial charge in [0.2, 0.25) is 0 Å². The first-order chi connectivity index (χ1) is 4.85. The quantitative estimate of drug-likeness (QED) is 0.266. The molecular weight excluding hydrogens is 152 g/mol. The highest BCUT2D eigenvalue weighted by atomic mass is 35.5. The third-order valence-corrected chi connectivity index (χ3v) is 1.12. The molecule has 0 bridgehead atoms. The van der Waals surface area contributed by atoms with Crippen molar-refractivity contribution in [2.45, 2.75) is 13.3 Å². The molecule has 0 amide bonds. The topological polar surface area (TPSA) is 26.3 Å². The first-order valence-electron chi connectivity index (χ1n) is 3.17. The van der Waals surface area contributed by atoms with Gasteiger partial charge < -0.3 is 4.74 Å². The van der Waals surface area contributed by atoms with E-state index in [2.05, 4.69) is 0 Å². The number of hydrogen-bond donors (Lipinski definition) is 0. The predicted molar refractivity (Wildman–Crippen MR) is 41.1 cm³/mol. The summed E-state index contributed by atoms with van der Waals surface area (Å²) in [6.07, 6.45) is 2.79. The van der Waals surface area contributed by atoms with Crippen molar-refractivity contribution in [1.82, 2.24) is 0 Å². The van der Waals surface area contributed by atoms with Gasteiger partial charge in [-0.3, -0.25) is 4.79 Å². The summed E-state index contributed by atoms with van der Waals surface area (Å²) >= 11 is 5.40. The molecule has 0 rings (SSSR count). The summed E-state index contributed by atoms with van der Waals surface area (Å²) in [6.45, 7) is 2.44. The molecule has 10 heavy (non-hydrogen) atoms. The molecule has 0 fully saturated rings. The number of halogens is 1. The zero-order chi connectivity index (χ0) is 7.82. The van der Waals surface area contributed by atoms with Crippen LogP contribution in [0.25, 0.3) is 0 Å². The zero-order valence-corrected chi connectivity index (χ0v) is 6.73. The lowest BCUT2D eigenvalue weighted by atomic mass is 10.2. The van der Waals surface area contributed by atoms with Crippen LogP contribution < -0.4 is 0 Å². The van der Waals surface area contributed by atoms with Gasteiger partial charge in [0, 0.05) is 11.5 Å². The minimum Gasteiger partial charge on any atom is -0.501 e. The number of carbonyl (C=O) groups excluding carboxylic acids is 1. The molecule has 0 aromatic carbocycles. The van der Waals surface area contributed by atoms with Gasteiger partial charge in [0.25, 0.3) is 0 Å². The van der Waals surface area contributed by atoms with Crippen LogP contribution in [0.3, 0.4) is 0 Å². The van der Waals surface area contributed by atoms with Gasteiger partial charge in [-0.15, -0.1) is 11.6 Å². The fraction of sp³-hybridized carbons (Fsp3) is 0.571. The molecule has 0 aromatic rings. The van der Waals surface area contributed by atoms with Crippen molar-refractivity contribution in [2.24, 2.45) is 0 Å². The third kappa shape index (κ3) is 4.39. The Morgan fingerprint density at radius 3 is 2.80 bits per heavy atom. The molecule has 0 unspecified atom stereocenters. The fourth-order valence-corrected chi connectivity index (χ4v) is 0.663. The van der Waals surface area contributed by atoms with E-state index in [-0.39, 0.29) is 0 Å². The van der Waals surface area contributed by atoms with E-state index >= 15 is 0 Å². The maximum absolute atomic E-state index is 10.2. The van der Waals surface area contributed by atoms with Crippen LogP contribution in [0.2, 0.25) is 0 Å². The van der Waals surface area contributed by atoms with Crippen molar-refractivity contribution in [2.75, 3.05) is 12.5 Å². The first kappa shape index (κ1) is 9.50. The van der Waals surface area contributed by atoms with Gasteiger partial charge in [0.05, 0.1) is 12.9 Å². The molecule has 0 aliphatic rings. The van der Waals surface area contributed by atoms with Gasteiger partial charge in [-0.1, -0.05) is 0 Å². The van der Waals surface area contributed by atoms with Gasteiger partial charge >= 0.3 is 0 Å². The number of aldehydes is 1. The number of allylic oxidation sites excluding steroid dienone is 1. The van der Waals surface area contributed by atoms with E-state index in [9.17, 15) is 4.79 Å². The van der Waals surface area contributed by atoms with Crippen LogP contribution in [0.4, 0.5) is 0 Å². The SMILES string of the molecule is CCOC=C(C=O)CCCl. The van der Waals surface area contributed by atoms with Crippen LogP contribution in [0.1, 0.15) is 13.3 Å². The Labute approximate surface area is 65.8 Å². The van der Waals surface area contributed by atoms with Crippen LogP contribution in [0, 0.1) is 0 Å². The summed E-state index contributed by atoms with van der Waals surface area (Å²) in [4.78, 5) is 10.2. The second kappa shape index (κ2) is 6.62. The lowest BCUT2D eigenvalue weighted by Crippen LogP contribution is -1.89. The van der Waals surface area contributed by atoms with E-state index in [0.29, 0.717) is 24.5 Å². The monoisotopic (exact) mass is 162 g/mol. The summed E-state index contributed by atoms with van der Waals surface area (Å²) in [5, 5.41) is 0. The average Bonchev–Trinajstić information content (AvgIpc) is 1.98. The molecule has 0 radical (unpaired) electrons. The smallest absolute Gasteiger partial charge is 0.149 e. The van der Waals surface area contributed by atoms with Crippen molar-refractivity contribution in [3.8, 4) is 0 Å². The first-order valence-corrected chi connectivity index (χ1v) is 3.70. The highest BCUT2D eigenvalue weighted by Crippen LogP contribution is 1.98. The largest absolute Gasteiger partial charge is 0.501 e. The van der Waals surface area contributed by atoms with Crippen LogP contribution in [-0.2, 0) is 9.53 Å². The summed E-state index contributed by atoms with van der Waals surface area (Å²) < 4.78 is 4.89. The highest BCUT2D eigenvalue weighted by molar-refractivity contribution is 6.18. The Morgan fingerprint density at radius 1 is 1.70 bits per heavy atom. The van der Waals surface area contributed by atoms with Crippen molar-refractivity contribution in [1.29, 1.82) is 0 Å². The molecule has 0 saturated heterocycles. The molecule has 3 heteroatoms. The normalized spacial score (nSPS) is 11.2. The van der Waals surface area contributed by atoms with Crippen molar-refractivity contribution in [3.63, 3.8) is 0 Å². The van der Waals surface area contributed by atoms with E-state index in [1.54, 1.807) is 0 Å². The molecule has 0 spiro atoms. The average molecular weight is 163 g/mol. The Morgan fingerprint density at radius 2 is 2.40 bits per heavy atom. The predicted octanol–water partition coefficient (Wildman–Crippen LogP) is 1.73. The van der Waals surface area contributed by atoms with E-state index in [0.717, 1.165) is 6.29 Å². The minimum atomic E-state index is 0.456. The molecule has 0 saturated carbocycles. The van der Waals surface area contributed by atoms with Crippen molar-refractivity contribution >= 4 is 17.9 Å². The number of carbonyl (C=O) groups is 1. The van der Waals surface area contributed by atoms with Gasteiger partial charge in [-0.05, 0) is 13.3 Å². The molecule has 0 heterocycles. The van der Waals surface area contributed by atoms with Crippen LogP contribution in [0.5, 0.6) is 0 Å². The van der Waals surface area contributed by atoms with Gasteiger partial charge in [0.15, 0.2) is 0 Å². The molecule has 0 aliphatic carbocycles. The summed E-state index contributed by atoms with van der Waals surface area (Å²) in [5.41, 5.74) is 0.608. The van der Waals surface area contributed by atoms with Crippen LogP contribution >= 0.6 is 11.6 Å². The number of alkyl halides is 1. The maximum Gasteiger partial charge on any atom is 0.149 e. The highest BCUT2D eigenvalue weighted by Gasteiger charge is 1.92. The lowest BCUT2D eigenvalue weighted by Gasteiger charge is -1.96. The Bertz CT molecular complexity index is 121. The van der Waals surface area contributed by atoms with Crippen LogP contribution in [0.15, 0.2) is 11.8 Å². The van der Waals surface area contributed by atoms with Gasteiger partial charge in [-0.25, -0.2) is 0 Å². The number of ether oxygens (including phenoxy) is 1.